The number of aromatic nitrogens is 4. The zero-order valence-electron chi connectivity index (χ0n) is 10.5. The molecule has 0 aliphatic carbocycles. The number of nitrogens with zero attached hydrogens (tertiary/aromatic N) is 5. The molecule has 0 unspecified atom stereocenters. The van der Waals surface area contributed by atoms with Crippen LogP contribution in [0.25, 0.3) is 5.78 Å². The van der Waals surface area contributed by atoms with Crippen LogP contribution < -0.4 is 0 Å². The summed E-state index contributed by atoms with van der Waals surface area (Å²) < 4.78 is 1.64. The summed E-state index contributed by atoms with van der Waals surface area (Å²) in [4.78, 5) is 8.56. The molecule has 2 heterocycles. The van der Waals surface area contributed by atoms with Gasteiger partial charge in [-0.3, -0.25) is 0 Å². The number of nitriles is 1. The summed E-state index contributed by atoms with van der Waals surface area (Å²) in [6.07, 6.45) is 3.52. The highest BCUT2D eigenvalue weighted by Gasteiger charge is 2.21. The maximum absolute atomic E-state index is 9.09. The largest absolute Gasteiger partial charge is 0.252 e. The number of hydrogen-bond acceptors (Lipinski definition) is 4. The number of fused-ring (bicyclic) bond motifs is 1. The molecular formula is C12H15N5. The molecule has 2 aromatic rings. The molecule has 0 fully saturated rings. The Balaban J connectivity index is 2.55. The van der Waals surface area contributed by atoms with Crippen molar-refractivity contribution >= 4 is 5.78 Å². The lowest BCUT2D eigenvalue weighted by molar-refractivity contribution is 0.670. The first kappa shape index (κ1) is 11.5. The SMILES string of the molecule is CC(C)c1nc2ncc(C(C)(C)C#N)cn2n1. The Morgan fingerprint density at radius 3 is 2.71 bits per heavy atom. The van der Waals surface area contributed by atoms with Gasteiger partial charge in [-0.05, 0) is 13.8 Å². The Morgan fingerprint density at radius 2 is 2.12 bits per heavy atom. The quantitative estimate of drug-likeness (QED) is 0.790. The molecule has 0 aromatic carbocycles. The van der Waals surface area contributed by atoms with Crippen molar-refractivity contribution in [1.82, 2.24) is 19.6 Å². The van der Waals surface area contributed by atoms with Crippen molar-refractivity contribution in [2.45, 2.75) is 39.0 Å². The van der Waals surface area contributed by atoms with Crippen LogP contribution in [0.15, 0.2) is 12.4 Å². The molecule has 0 aliphatic heterocycles. The van der Waals surface area contributed by atoms with Crippen LogP contribution in [0.1, 0.15) is 45.0 Å². The normalized spacial score (nSPS) is 12.0. The van der Waals surface area contributed by atoms with Crippen molar-refractivity contribution in [2.75, 3.05) is 0 Å². The minimum atomic E-state index is -0.564. The van der Waals surface area contributed by atoms with E-state index in [1.807, 2.05) is 33.9 Å². The van der Waals surface area contributed by atoms with Gasteiger partial charge < -0.3 is 0 Å². The van der Waals surface area contributed by atoms with Crippen molar-refractivity contribution < 1.29 is 0 Å². The molecule has 0 bridgehead atoms. The first-order chi connectivity index (χ1) is 7.94. The van der Waals surface area contributed by atoms with E-state index in [0.717, 1.165) is 11.4 Å². The third-order valence-corrected chi connectivity index (χ3v) is 2.73. The first-order valence-corrected chi connectivity index (χ1v) is 5.58. The van der Waals surface area contributed by atoms with Crippen LogP contribution >= 0.6 is 0 Å². The maximum atomic E-state index is 9.09. The fourth-order valence-corrected chi connectivity index (χ4v) is 1.43. The second kappa shape index (κ2) is 3.81. The molecule has 2 rings (SSSR count). The van der Waals surface area contributed by atoms with Gasteiger partial charge in [-0.2, -0.15) is 10.2 Å². The van der Waals surface area contributed by atoms with E-state index >= 15 is 0 Å². The van der Waals surface area contributed by atoms with E-state index < -0.39 is 5.41 Å². The lowest BCUT2D eigenvalue weighted by Crippen LogP contribution is -2.15. The zero-order valence-corrected chi connectivity index (χ0v) is 10.5. The fraction of sp³-hybridized carbons (Fsp3) is 0.500. The van der Waals surface area contributed by atoms with Gasteiger partial charge in [0.05, 0.1) is 11.5 Å². The van der Waals surface area contributed by atoms with Gasteiger partial charge in [0.25, 0.3) is 5.78 Å². The van der Waals surface area contributed by atoms with Crippen LogP contribution in [0.4, 0.5) is 0 Å². The van der Waals surface area contributed by atoms with Crippen molar-refractivity contribution in [1.29, 1.82) is 5.26 Å². The monoisotopic (exact) mass is 229 g/mol. The lowest BCUT2D eigenvalue weighted by Gasteiger charge is -2.14. The molecule has 0 saturated heterocycles. The third kappa shape index (κ3) is 1.98. The molecule has 2 aromatic heterocycles. The van der Waals surface area contributed by atoms with E-state index in [1.165, 1.54) is 0 Å². The van der Waals surface area contributed by atoms with E-state index in [2.05, 4.69) is 21.1 Å². The van der Waals surface area contributed by atoms with E-state index in [1.54, 1.807) is 10.7 Å². The van der Waals surface area contributed by atoms with Gasteiger partial charge in [-0.25, -0.2) is 9.50 Å². The Bertz CT molecular complexity index is 588. The summed E-state index contributed by atoms with van der Waals surface area (Å²) >= 11 is 0. The van der Waals surface area contributed by atoms with Gasteiger partial charge >= 0.3 is 0 Å². The lowest BCUT2D eigenvalue weighted by atomic mass is 9.89. The van der Waals surface area contributed by atoms with Crippen molar-refractivity contribution in [3.8, 4) is 6.07 Å². The van der Waals surface area contributed by atoms with E-state index in [-0.39, 0.29) is 5.92 Å². The third-order valence-electron chi connectivity index (χ3n) is 2.73. The standard InChI is InChI=1S/C12H15N5/c1-8(2)10-15-11-14-5-9(6-17(11)16-10)12(3,4)7-13/h5-6,8H,1-4H3. The second-order valence-electron chi connectivity index (χ2n) is 4.95. The van der Waals surface area contributed by atoms with Gasteiger partial charge in [0, 0.05) is 23.9 Å². The van der Waals surface area contributed by atoms with Crippen LogP contribution in [-0.2, 0) is 5.41 Å². The highest BCUT2D eigenvalue weighted by molar-refractivity contribution is 5.33. The summed E-state index contributed by atoms with van der Waals surface area (Å²) in [5.41, 5.74) is 0.276. The molecule has 0 spiro atoms. The molecule has 5 heteroatoms. The van der Waals surface area contributed by atoms with E-state index in [9.17, 15) is 0 Å². The minimum absolute atomic E-state index is 0.268. The van der Waals surface area contributed by atoms with Gasteiger partial charge in [0.15, 0.2) is 5.82 Å². The average Bonchev–Trinajstić information content (AvgIpc) is 2.71. The number of hydrogen-bond donors (Lipinski definition) is 0. The van der Waals surface area contributed by atoms with Crippen LogP contribution in [0.3, 0.4) is 0 Å². The summed E-state index contributed by atoms with van der Waals surface area (Å²) in [5.74, 6) is 1.61. The summed E-state index contributed by atoms with van der Waals surface area (Å²) in [5, 5.41) is 13.4. The van der Waals surface area contributed by atoms with Gasteiger partial charge in [0.2, 0.25) is 0 Å². The minimum Gasteiger partial charge on any atom is -0.219 e. The Labute approximate surface area is 100 Å². The second-order valence-corrected chi connectivity index (χ2v) is 4.95. The van der Waals surface area contributed by atoms with Crippen LogP contribution in [0, 0.1) is 11.3 Å². The fourth-order valence-electron chi connectivity index (χ4n) is 1.43. The average molecular weight is 229 g/mol. The highest BCUT2D eigenvalue weighted by Crippen LogP contribution is 2.21. The van der Waals surface area contributed by atoms with Gasteiger partial charge in [0.1, 0.15) is 0 Å². The molecule has 0 saturated carbocycles. The Kier molecular flexibility index (Phi) is 2.58. The Morgan fingerprint density at radius 1 is 1.41 bits per heavy atom. The van der Waals surface area contributed by atoms with Gasteiger partial charge in [-0.15, -0.1) is 5.10 Å². The van der Waals surface area contributed by atoms with E-state index in [4.69, 9.17) is 5.26 Å². The predicted molar refractivity (Wildman–Crippen MR) is 63.5 cm³/mol. The molecule has 0 N–H and O–H groups in total. The first-order valence-electron chi connectivity index (χ1n) is 5.58. The van der Waals surface area contributed by atoms with Crippen molar-refractivity contribution in [3.63, 3.8) is 0 Å². The molecule has 0 radical (unpaired) electrons. The molecule has 17 heavy (non-hydrogen) atoms. The Hall–Kier alpha value is -1.96. The summed E-state index contributed by atoms with van der Waals surface area (Å²) in [6, 6.07) is 2.25. The van der Waals surface area contributed by atoms with Crippen LogP contribution in [0.2, 0.25) is 0 Å². The molecule has 0 aliphatic rings. The molecule has 0 atom stereocenters. The van der Waals surface area contributed by atoms with E-state index in [0.29, 0.717) is 5.78 Å². The van der Waals surface area contributed by atoms with Crippen LogP contribution in [0.5, 0.6) is 0 Å². The molecule has 88 valence electrons. The predicted octanol–water partition coefficient (Wildman–Crippen LogP) is 2.05. The van der Waals surface area contributed by atoms with Crippen molar-refractivity contribution in [3.05, 3.63) is 23.8 Å². The van der Waals surface area contributed by atoms with Crippen LogP contribution in [-0.4, -0.2) is 19.6 Å². The molecule has 5 nitrogen and oxygen atoms in total. The molecule has 0 amide bonds. The maximum Gasteiger partial charge on any atom is 0.252 e. The number of rotatable bonds is 2. The molecular weight excluding hydrogens is 214 g/mol. The smallest absolute Gasteiger partial charge is 0.219 e. The summed E-state index contributed by atoms with van der Waals surface area (Å²) in [6.45, 7) is 7.79. The zero-order chi connectivity index (χ0) is 12.6. The van der Waals surface area contributed by atoms with Crippen molar-refractivity contribution in [2.24, 2.45) is 0 Å². The topological polar surface area (TPSA) is 66.9 Å². The summed E-state index contributed by atoms with van der Waals surface area (Å²) in [7, 11) is 0. The van der Waals surface area contributed by atoms with Gasteiger partial charge in [-0.1, -0.05) is 13.8 Å². The highest BCUT2D eigenvalue weighted by atomic mass is 15.3.